The molecule has 2 aromatic rings. The molecule has 0 radical (unpaired) electrons. The van der Waals surface area contributed by atoms with Gasteiger partial charge in [0.25, 0.3) is 0 Å². The minimum absolute atomic E-state index is 0.0227. The maximum absolute atomic E-state index is 13.4. The van der Waals surface area contributed by atoms with Crippen LogP contribution in [0.5, 0.6) is 0 Å². The van der Waals surface area contributed by atoms with Crippen LogP contribution in [0.2, 0.25) is 0 Å². The first-order valence-electron chi connectivity index (χ1n) is 4.79. The number of halogens is 5. The van der Waals surface area contributed by atoms with Gasteiger partial charge < -0.3 is 0 Å². The summed E-state index contributed by atoms with van der Waals surface area (Å²) in [5, 5.41) is 0.463. The van der Waals surface area contributed by atoms with E-state index < -0.39 is 16.8 Å². The van der Waals surface area contributed by atoms with Crippen molar-refractivity contribution in [1.82, 2.24) is 0 Å². The Balaban J connectivity index is 2.67. The van der Waals surface area contributed by atoms with Crippen LogP contribution in [0.1, 0.15) is 10.4 Å². The zero-order valence-corrected chi connectivity index (χ0v) is 10.0. The van der Waals surface area contributed by atoms with E-state index in [0.29, 0.717) is 0 Å². The SMILES string of the molecule is Fc1ccc(C(Br)C(F)(F)F)c2ccccc12. The maximum Gasteiger partial charge on any atom is 0.405 e. The Morgan fingerprint density at radius 2 is 1.53 bits per heavy atom. The monoisotopic (exact) mass is 306 g/mol. The van der Waals surface area contributed by atoms with E-state index in [1.54, 1.807) is 12.1 Å². The molecule has 90 valence electrons. The number of rotatable bonds is 1. The molecule has 1 atom stereocenters. The highest BCUT2D eigenvalue weighted by atomic mass is 79.9. The summed E-state index contributed by atoms with van der Waals surface area (Å²) in [5.74, 6) is -0.522. The lowest BCUT2D eigenvalue weighted by Gasteiger charge is -2.16. The molecule has 2 aromatic carbocycles. The van der Waals surface area contributed by atoms with Crippen molar-refractivity contribution >= 4 is 26.7 Å². The van der Waals surface area contributed by atoms with Crippen molar-refractivity contribution in [1.29, 1.82) is 0 Å². The quantitative estimate of drug-likeness (QED) is 0.515. The van der Waals surface area contributed by atoms with Crippen molar-refractivity contribution in [3.8, 4) is 0 Å². The molecule has 0 aromatic heterocycles. The van der Waals surface area contributed by atoms with Crippen LogP contribution in [0.4, 0.5) is 17.6 Å². The lowest BCUT2D eigenvalue weighted by atomic mass is 10.0. The number of hydrogen-bond donors (Lipinski definition) is 0. The molecule has 0 aliphatic heterocycles. The lowest BCUT2D eigenvalue weighted by Crippen LogP contribution is -2.15. The van der Waals surface area contributed by atoms with Gasteiger partial charge in [-0.05, 0) is 17.0 Å². The van der Waals surface area contributed by atoms with Gasteiger partial charge in [0.05, 0.1) is 0 Å². The van der Waals surface area contributed by atoms with E-state index >= 15 is 0 Å². The predicted molar refractivity (Wildman–Crippen MR) is 61.6 cm³/mol. The van der Waals surface area contributed by atoms with Crippen LogP contribution in [-0.2, 0) is 0 Å². The number of fused-ring (bicyclic) bond motifs is 1. The minimum atomic E-state index is -4.40. The highest BCUT2D eigenvalue weighted by molar-refractivity contribution is 9.09. The fourth-order valence-corrected chi connectivity index (χ4v) is 2.08. The van der Waals surface area contributed by atoms with Gasteiger partial charge in [0.2, 0.25) is 0 Å². The second-order valence-electron chi connectivity index (χ2n) is 3.59. The Bertz CT molecular complexity index is 548. The number of alkyl halides is 4. The molecule has 0 fully saturated rings. The van der Waals surface area contributed by atoms with Crippen LogP contribution < -0.4 is 0 Å². The van der Waals surface area contributed by atoms with Crippen LogP contribution in [0, 0.1) is 5.82 Å². The molecule has 0 aliphatic rings. The van der Waals surface area contributed by atoms with Gasteiger partial charge in [-0.25, -0.2) is 4.39 Å². The summed E-state index contributed by atoms with van der Waals surface area (Å²) in [6, 6.07) is 8.33. The van der Waals surface area contributed by atoms with E-state index in [2.05, 4.69) is 15.9 Å². The van der Waals surface area contributed by atoms with Crippen molar-refractivity contribution in [3.05, 3.63) is 47.8 Å². The van der Waals surface area contributed by atoms with E-state index in [1.165, 1.54) is 12.1 Å². The van der Waals surface area contributed by atoms with Gasteiger partial charge in [-0.1, -0.05) is 46.3 Å². The maximum atomic E-state index is 13.4. The fourth-order valence-electron chi connectivity index (χ4n) is 1.68. The van der Waals surface area contributed by atoms with E-state index in [0.717, 1.165) is 12.1 Å². The second kappa shape index (κ2) is 4.29. The lowest BCUT2D eigenvalue weighted by molar-refractivity contribution is -0.128. The molecule has 0 saturated heterocycles. The van der Waals surface area contributed by atoms with Crippen LogP contribution >= 0.6 is 15.9 Å². The summed E-state index contributed by atoms with van der Waals surface area (Å²) >= 11 is 2.60. The molecule has 0 N–H and O–H groups in total. The summed E-state index contributed by atoms with van der Waals surface area (Å²) in [6.07, 6.45) is -4.40. The van der Waals surface area contributed by atoms with Crippen molar-refractivity contribution in [2.75, 3.05) is 0 Å². The average Bonchev–Trinajstić information content (AvgIpc) is 2.28. The van der Waals surface area contributed by atoms with Gasteiger partial charge in [-0.3, -0.25) is 0 Å². The molecule has 1 unspecified atom stereocenters. The molecule has 0 aliphatic carbocycles. The molecule has 2 rings (SSSR count). The molecule has 0 bridgehead atoms. The minimum Gasteiger partial charge on any atom is -0.206 e. The normalized spacial score (nSPS) is 13.9. The molecular formula is C12H7BrF4. The Hall–Kier alpha value is -1.10. The van der Waals surface area contributed by atoms with Crippen molar-refractivity contribution in [2.24, 2.45) is 0 Å². The molecule has 0 saturated carbocycles. The van der Waals surface area contributed by atoms with E-state index in [-0.39, 0.29) is 16.3 Å². The second-order valence-corrected chi connectivity index (χ2v) is 4.50. The van der Waals surface area contributed by atoms with Gasteiger partial charge in [0, 0.05) is 5.39 Å². The average molecular weight is 307 g/mol. The van der Waals surface area contributed by atoms with Crippen LogP contribution in [0.15, 0.2) is 36.4 Å². The third kappa shape index (κ3) is 2.29. The molecule has 0 nitrogen and oxygen atoms in total. The smallest absolute Gasteiger partial charge is 0.206 e. The number of hydrogen-bond acceptors (Lipinski definition) is 0. The predicted octanol–water partition coefficient (Wildman–Crippen LogP) is 4.98. The molecule has 17 heavy (non-hydrogen) atoms. The Kier molecular flexibility index (Phi) is 3.12. The van der Waals surface area contributed by atoms with Gasteiger partial charge in [-0.15, -0.1) is 0 Å². The van der Waals surface area contributed by atoms with Crippen molar-refractivity contribution in [3.63, 3.8) is 0 Å². The van der Waals surface area contributed by atoms with Crippen LogP contribution in [-0.4, -0.2) is 6.18 Å². The third-order valence-corrected chi connectivity index (χ3v) is 3.48. The molecule has 0 heterocycles. The highest BCUT2D eigenvalue weighted by Gasteiger charge is 2.39. The van der Waals surface area contributed by atoms with E-state index in [1.807, 2.05) is 0 Å². The summed E-state index contributed by atoms with van der Waals surface area (Å²) in [4.78, 5) is -1.79. The van der Waals surface area contributed by atoms with Crippen molar-refractivity contribution < 1.29 is 17.6 Å². The summed E-state index contributed by atoms with van der Waals surface area (Å²) in [7, 11) is 0. The van der Waals surface area contributed by atoms with Gasteiger partial charge in [0.1, 0.15) is 10.6 Å². The van der Waals surface area contributed by atoms with Gasteiger partial charge >= 0.3 is 6.18 Å². The van der Waals surface area contributed by atoms with E-state index in [4.69, 9.17) is 0 Å². The standard InChI is InChI=1S/C12H7BrF4/c13-11(12(15,16)17)9-5-6-10(14)8-4-2-1-3-7(8)9/h1-6,11H. The van der Waals surface area contributed by atoms with Crippen molar-refractivity contribution in [2.45, 2.75) is 11.0 Å². The summed E-state index contributed by atoms with van der Waals surface area (Å²) in [6.45, 7) is 0. The van der Waals surface area contributed by atoms with Gasteiger partial charge in [-0.2, -0.15) is 13.2 Å². The summed E-state index contributed by atoms with van der Waals surface area (Å²) < 4.78 is 51.3. The Labute approximate surface area is 103 Å². The zero-order valence-electron chi connectivity index (χ0n) is 8.43. The Morgan fingerprint density at radius 1 is 0.941 bits per heavy atom. The van der Waals surface area contributed by atoms with E-state index in [9.17, 15) is 17.6 Å². The zero-order chi connectivity index (χ0) is 12.6. The number of benzene rings is 2. The third-order valence-electron chi connectivity index (χ3n) is 2.47. The molecule has 0 spiro atoms. The molecular weight excluding hydrogens is 300 g/mol. The van der Waals surface area contributed by atoms with Gasteiger partial charge in [0.15, 0.2) is 0 Å². The fraction of sp³-hybridized carbons (Fsp3) is 0.167. The summed E-state index contributed by atoms with van der Waals surface area (Å²) in [5.41, 5.74) is 0.0227. The highest BCUT2D eigenvalue weighted by Crippen LogP contribution is 2.42. The first kappa shape index (κ1) is 12.4. The molecule has 0 amide bonds. The molecule has 5 heteroatoms. The topological polar surface area (TPSA) is 0 Å². The first-order valence-corrected chi connectivity index (χ1v) is 5.71. The Morgan fingerprint density at radius 3 is 2.12 bits per heavy atom. The van der Waals surface area contributed by atoms with Crippen LogP contribution in [0.3, 0.4) is 0 Å². The largest absolute Gasteiger partial charge is 0.405 e. The van der Waals surface area contributed by atoms with Crippen LogP contribution in [0.25, 0.3) is 10.8 Å². The first-order chi connectivity index (χ1) is 7.91.